The van der Waals surface area contributed by atoms with E-state index in [-0.39, 0.29) is 12.3 Å². The molecule has 0 heterocycles. The van der Waals surface area contributed by atoms with Crippen LogP contribution in [-0.2, 0) is 22.4 Å². The Kier molecular flexibility index (Phi) is 5.97. The van der Waals surface area contributed by atoms with Crippen LogP contribution in [0.1, 0.15) is 11.1 Å². The minimum atomic E-state index is -4.47. The van der Waals surface area contributed by atoms with E-state index in [1.54, 1.807) is 0 Å². The Morgan fingerprint density at radius 2 is 1.92 bits per heavy atom. The number of benzene rings is 2. The standard InChI is InChI=1S/C16H12BrF3N2O2/c17-13-6-4-11(5-7-13)10-24-21-9-15(23)22-14-3-1-2-12(8-14)16(18,19)20/h1-9H,10H2,(H,22,23). The van der Waals surface area contributed by atoms with Gasteiger partial charge >= 0.3 is 6.18 Å². The van der Waals surface area contributed by atoms with Crippen molar-refractivity contribution in [2.45, 2.75) is 12.8 Å². The van der Waals surface area contributed by atoms with E-state index in [1.807, 2.05) is 24.3 Å². The van der Waals surface area contributed by atoms with Crippen LogP contribution in [0.4, 0.5) is 18.9 Å². The van der Waals surface area contributed by atoms with Gasteiger partial charge in [-0.3, -0.25) is 4.79 Å². The molecule has 1 amide bonds. The quantitative estimate of drug-likeness (QED) is 0.588. The molecule has 0 aromatic heterocycles. The molecule has 0 saturated heterocycles. The predicted molar refractivity (Wildman–Crippen MR) is 87.5 cm³/mol. The lowest BCUT2D eigenvalue weighted by atomic mass is 10.2. The van der Waals surface area contributed by atoms with Crippen LogP contribution in [0.5, 0.6) is 0 Å². The Bertz CT molecular complexity index is 731. The van der Waals surface area contributed by atoms with Crippen molar-refractivity contribution in [1.82, 2.24) is 0 Å². The van der Waals surface area contributed by atoms with Gasteiger partial charge in [-0.15, -0.1) is 0 Å². The van der Waals surface area contributed by atoms with E-state index in [0.717, 1.165) is 28.4 Å². The van der Waals surface area contributed by atoms with Gasteiger partial charge in [0.05, 0.1) is 5.56 Å². The van der Waals surface area contributed by atoms with Crippen molar-refractivity contribution in [2.75, 3.05) is 5.32 Å². The average Bonchev–Trinajstić information content (AvgIpc) is 2.53. The maximum atomic E-state index is 12.6. The second-order valence-corrected chi connectivity index (χ2v) is 5.62. The van der Waals surface area contributed by atoms with Gasteiger partial charge in [0.15, 0.2) is 0 Å². The molecule has 0 saturated carbocycles. The molecule has 0 spiro atoms. The number of amides is 1. The van der Waals surface area contributed by atoms with Crippen LogP contribution >= 0.6 is 15.9 Å². The first-order valence-corrected chi connectivity index (χ1v) is 7.52. The molecule has 0 bridgehead atoms. The third-order valence-electron chi connectivity index (χ3n) is 2.85. The minimum absolute atomic E-state index is 0.0224. The number of carbonyl (C=O) groups excluding carboxylic acids is 1. The molecule has 0 aliphatic heterocycles. The monoisotopic (exact) mass is 400 g/mol. The van der Waals surface area contributed by atoms with Crippen LogP contribution in [0.15, 0.2) is 58.2 Å². The van der Waals surface area contributed by atoms with Crippen LogP contribution < -0.4 is 5.32 Å². The molecule has 24 heavy (non-hydrogen) atoms. The summed E-state index contributed by atoms with van der Waals surface area (Å²) < 4.78 is 38.7. The molecule has 0 atom stereocenters. The summed E-state index contributed by atoms with van der Waals surface area (Å²) in [5.74, 6) is -0.690. The summed E-state index contributed by atoms with van der Waals surface area (Å²) in [6.07, 6.45) is -3.61. The second-order valence-electron chi connectivity index (χ2n) is 4.70. The van der Waals surface area contributed by atoms with E-state index in [1.165, 1.54) is 12.1 Å². The molecule has 2 aromatic carbocycles. The predicted octanol–water partition coefficient (Wildman–Crippen LogP) is 4.61. The van der Waals surface area contributed by atoms with Gasteiger partial charge in [0.1, 0.15) is 12.8 Å². The number of halogens is 4. The molecular formula is C16H12BrF3N2O2. The van der Waals surface area contributed by atoms with Gasteiger partial charge in [0.25, 0.3) is 5.91 Å². The summed E-state index contributed by atoms with van der Waals surface area (Å²) in [7, 11) is 0. The van der Waals surface area contributed by atoms with Crippen LogP contribution in [0.2, 0.25) is 0 Å². The number of rotatable bonds is 5. The molecule has 4 nitrogen and oxygen atoms in total. The van der Waals surface area contributed by atoms with Crippen molar-refractivity contribution >= 4 is 33.7 Å². The van der Waals surface area contributed by atoms with Crippen molar-refractivity contribution in [1.29, 1.82) is 0 Å². The Morgan fingerprint density at radius 1 is 1.21 bits per heavy atom. The zero-order chi connectivity index (χ0) is 17.6. The van der Waals surface area contributed by atoms with Gasteiger partial charge in [-0.05, 0) is 35.9 Å². The fourth-order valence-electron chi connectivity index (χ4n) is 1.73. The van der Waals surface area contributed by atoms with Crippen molar-refractivity contribution in [3.05, 3.63) is 64.1 Å². The lowest BCUT2D eigenvalue weighted by Crippen LogP contribution is -2.14. The molecule has 0 aliphatic carbocycles. The highest BCUT2D eigenvalue weighted by Gasteiger charge is 2.30. The molecular weight excluding hydrogens is 389 g/mol. The Balaban J connectivity index is 1.85. The molecule has 0 radical (unpaired) electrons. The Morgan fingerprint density at radius 3 is 2.58 bits per heavy atom. The minimum Gasteiger partial charge on any atom is -0.391 e. The van der Waals surface area contributed by atoms with Crippen LogP contribution in [0, 0.1) is 0 Å². The van der Waals surface area contributed by atoms with Crippen molar-refractivity contribution in [3.8, 4) is 0 Å². The SMILES string of the molecule is O=C(C=NOCc1ccc(Br)cc1)Nc1cccc(C(F)(F)F)c1. The lowest BCUT2D eigenvalue weighted by molar-refractivity contribution is -0.137. The maximum absolute atomic E-state index is 12.6. The summed E-state index contributed by atoms with van der Waals surface area (Å²) in [5.41, 5.74) is 0.0338. The molecule has 1 N–H and O–H groups in total. The topological polar surface area (TPSA) is 50.7 Å². The number of hydrogen-bond acceptors (Lipinski definition) is 3. The fraction of sp³-hybridized carbons (Fsp3) is 0.125. The van der Waals surface area contributed by atoms with Gasteiger partial charge in [-0.25, -0.2) is 0 Å². The first kappa shape index (κ1) is 18.0. The fourth-order valence-corrected chi connectivity index (χ4v) is 1.99. The molecule has 126 valence electrons. The molecule has 0 unspecified atom stereocenters. The van der Waals surface area contributed by atoms with Crippen LogP contribution in [0.3, 0.4) is 0 Å². The Hall–Kier alpha value is -2.35. The van der Waals surface area contributed by atoms with Crippen molar-refractivity contribution in [2.24, 2.45) is 5.16 Å². The van der Waals surface area contributed by atoms with Crippen molar-refractivity contribution < 1.29 is 22.8 Å². The van der Waals surface area contributed by atoms with E-state index >= 15 is 0 Å². The molecule has 0 fully saturated rings. The number of carbonyl (C=O) groups is 1. The van der Waals surface area contributed by atoms with Gasteiger partial charge in [0.2, 0.25) is 0 Å². The van der Waals surface area contributed by atoms with E-state index in [2.05, 4.69) is 26.4 Å². The smallest absolute Gasteiger partial charge is 0.391 e. The van der Waals surface area contributed by atoms with E-state index in [0.29, 0.717) is 0 Å². The number of nitrogens with one attached hydrogen (secondary N) is 1. The number of alkyl halides is 3. The maximum Gasteiger partial charge on any atom is 0.416 e. The summed E-state index contributed by atoms with van der Waals surface area (Å²) in [6.45, 7) is 0.167. The molecule has 8 heteroatoms. The first-order chi connectivity index (χ1) is 11.3. The van der Waals surface area contributed by atoms with Crippen LogP contribution in [0.25, 0.3) is 0 Å². The van der Waals surface area contributed by atoms with Gasteiger partial charge in [-0.2, -0.15) is 13.2 Å². The molecule has 0 aliphatic rings. The molecule has 2 rings (SSSR count). The van der Waals surface area contributed by atoms with Crippen molar-refractivity contribution in [3.63, 3.8) is 0 Å². The van der Waals surface area contributed by atoms with E-state index < -0.39 is 17.6 Å². The zero-order valence-electron chi connectivity index (χ0n) is 12.2. The third kappa shape index (κ3) is 5.69. The third-order valence-corrected chi connectivity index (χ3v) is 3.38. The Labute approximate surface area is 144 Å². The normalized spacial score (nSPS) is 11.5. The highest BCUT2D eigenvalue weighted by Crippen LogP contribution is 2.30. The van der Waals surface area contributed by atoms with E-state index in [4.69, 9.17) is 4.84 Å². The first-order valence-electron chi connectivity index (χ1n) is 6.72. The zero-order valence-corrected chi connectivity index (χ0v) is 13.8. The van der Waals surface area contributed by atoms with Crippen LogP contribution in [-0.4, -0.2) is 12.1 Å². The average molecular weight is 401 g/mol. The largest absolute Gasteiger partial charge is 0.416 e. The number of anilines is 1. The summed E-state index contributed by atoms with van der Waals surface area (Å²) in [6, 6.07) is 11.6. The van der Waals surface area contributed by atoms with Gasteiger partial charge < -0.3 is 10.2 Å². The number of nitrogens with zero attached hydrogens (tertiary/aromatic N) is 1. The lowest BCUT2D eigenvalue weighted by Gasteiger charge is -2.08. The highest BCUT2D eigenvalue weighted by molar-refractivity contribution is 9.10. The summed E-state index contributed by atoms with van der Waals surface area (Å²) >= 11 is 3.30. The van der Waals surface area contributed by atoms with E-state index in [9.17, 15) is 18.0 Å². The van der Waals surface area contributed by atoms with Gasteiger partial charge in [0, 0.05) is 10.2 Å². The molecule has 2 aromatic rings. The highest BCUT2D eigenvalue weighted by atomic mass is 79.9. The number of oxime groups is 1. The second kappa shape index (κ2) is 7.96. The summed E-state index contributed by atoms with van der Waals surface area (Å²) in [4.78, 5) is 16.6. The summed E-state index contributed by atoms with van der Waals surface area (Å²) in [5, 5.41) is 5.77. The van der Waals surface area contributed by atoms with Gasteiger partial charge in [-0.1, -0.05) is 39.3 Å². The number of hydrogen-bond donors (Lipinski definition) is 1.